The fourth-order valence-corrected chi connectivity index (χ4v) is 2.68. The Balaban J connectivity index is 2.12. The number of hydrogen-bond donors (Lipinski definition) is 1. The summed E-state index contributed by atoms with van der Waals surface area (Å²) >= 11 is 0. The van der Waals surface area contributed by atoms with Crippen molar-refractivity contribution < 1.29 is 4.74 Å². The molecule has 1 aromatic carbocycles. The van der Waals surface area contributed by atoms with Crippen LogP contribution in [0.2, 0.25) is 0 Å². The largest absolute Gasteiger partial charge is 0.491 e. The van der Waals surface area contributed by atoms with Crippen molar-refractivity contribution in [3.05, 3.63) is 18.2 Å². The Labute approximate surface area is 122 Å². The molecule has 112 valence electrons. The van der Waals surface area contributed by atoms with Crippen LogP contribution in [0.15, 0.2) is 18.2 Å². The second-order valence-corrected chi connectivity index (χ2v) is 5.56. The van der Waals surface area contributed by atoms with Crippen molar-refractivity contribution in [3.63, 3.8) is 0 Å². The van der Waals surface area contributed by atoms with E-state index < -0.39 is 0 Å². The summed E-state index contributed by atoms with van der Waals surface area (Å²) in [6.07, 6.45) is 2.18. The van der Waals surface area contributed by atoms with Crippen molar-refractivity contribution >= 4 is 11.4 Å². The Morgan fingerprint density at radius 2 is 2.10 bits per heavy atom. The molecule has 0 radical (unpaired) electrons. The molecule has 1 saturated heterocycles. The van der Waals surface area contributed by atoms with Crippen LogP contribution in [-0.4, -0.2) is 44.2 Å². The Bertz CT molecular complexity index is 436. The molecule has 4 nitrogen and oxygen atoms in total. The highest BCUT2D eigenvalue weighted by Gasteiger charge is 2.23. The minimum Gasteiger partial charge on any atom is -0.491 e. The molecular weight excluding hydrogens is 250 g/mol. The minimum atomic E-state index is 0.626. The minimum absolute atomic E-state index is 0.626. The summed E-state index contributed by atoms with van der Waals surface area (Å²) in [6, 6.07) is 6.77. The molecule has 20 heavy (non-hydrogen) atoms. The number of nitrogen functional groups attached to an aromatic ring is 1. The van der Waals surface area contributed by atoms with Gasteiger partial charge in [0.15, 0.2) is 0 Å². The van der Waals surface area contributed by atoms with E-state index in [1.54, 1.807) is 0 Å². The summed E-state index contributed by atoms with van der Waals surface area (Å²) in [4.78, 5) is 4.88. The van der Waals surface area contributed by atoms with Gasteiger partial charge in [-0.1, -0.05) is 13.8 Å². The van der Waals surface area contributed by atoms with Crippen LogP contribution in [0.3, 0.4) is 0 Å². The zero-order valence-electron chi connectivity index (χ0n) is 12.9. The van der Waals surface area contributed by atoms with E-state index in [0.717, 1.165) is 37.5 Å². The molecule has 1 fully saturated rings. The molecule has 1 aliphatic heterocycles. The molecule has 2 N–H and O–H groups in total. The van der Waals surface area contributed by atoms with Gasteiger partial charge in [-0.25, -0.2) is 0 Å². The maximum absolute atomic E-state index is 5.98. The summed E-state index contributed by atoms with van der Waals surface area (Å²) in [5, 5.41) is 0. The molecule has 1 heterocycles. The first-order valence-electron chi connectivity index (χ1n) is 7.63. The molecule has 1 aliphatic rings. The van der Waals surface area contributed by atoms with E-state index in [1.165, 1.54) is 12.1 Å². The first-order chi connectivity index (χ1) is 9.65. The van der Waals surface area contributed by atoms with Crippen molar-refractivity contribution in [2.75, 3.05) is 43.9 Å². The lowest BCUT2D eigenvalue weighted by atomic mass is 10.1. The van der Waals surface area contributed by atoms with E-state index in [1.807, 2.05) is 6.07 Å². The van der Waals surface area contributed by atoms with Gasteiger partial charge in [-0.15, -0.1) is 0 Å². The van der Waals surface area contributed by atoms with Gasteiger partial charge in [-0.3, -0.25) is 4.90 Å². The molecule has 0 amide bonds. The lowest BCUT2D eigenvalue weighted by Gasteiger charge is -2.40. The predicted octanol–water partition coefficient (Wildman–Crippen LogP) is 2.59. The molecule has 0 spiro atoms. The van der Waals surface area contributed by atoms with Crippen molar-refractivity contribution in [2.45, 2.75) is 32.7 Å². The lowest BCUT2D eigenvalue weighted by molar-refractivity contribution is 0.213. The third-order valence-electron chi connectivity index (χ3n) is 4.07. The monoisotopic (exact) mass is 277 g/mol. The maximum atomic E-state index is 5.98. The quantitative estimate of drug-likeness (QED) is 0.840. The molecule has 0 aliphatic carbocycles. The third kappa shape index (κ3) is 3.37. The summed E-state index contributed by atoms with van der Waals surface area (Å²) in [6.45, 7) is 8.31. The van der Waals surface area contributed by atoms with Gasteiger partial charge in [0.1, 0.15) is 5.75 Å². The van der Waals surface area contributed by atoms with E-state index in [4.69, 9.17) is 10.5 Å². The first kappa shape index (κ1) is 15.0. The third-order valence-corrected chi connectivity index (χ3v) is 4.07. The molecule has 2 rings (SSSR count). The number of anilines is 2. The standard InChI is InChI=1S/C16H27N3O/c1-4-10-20-16-11-14(6-7-15(16)17)19-9-8-18(3)13(5-2)12-19/h6-7,11,13H,4-5,8-10,12,17H2,1-3H3. The molecule has 0 bridgehead atoms. The van der Waals surface area contributed by atoms with E-state index in [2.05, 4.69) is 42.8 Å². The molecule has 1 aromatic rings. The van der Waals surface area contributed by atoms with Crippen molar-refractivity contribution in [2.24, 2.45) is 0 Å². The van der Waals surface area contributed by atoms with Gasteiger partial charge in [0.05, 0.1) is 12.3 Å². The number of nitrogens with zero attached hydrogens (tertiary/aromatic N) is 2. The number of rotatable bonds is 5. The van der Waals surface area contributed by atoms with E-state index in [0.29, 0.717) is 12.6 Å². The van der Waals surface area contributed by atoms with E-state index >= 15 is 0 Å². The molecule has 1 unspecified atom stereocenters. The Morgan fingerprint density at radius 1 is 1.30 bits per heavy atom. The topological polar surface area (TPSA) is 41.7 Å². The summed E-state index contributed by atoms with van der Waals surface area (Å²) in [7, 11) is 2.21. The highest BCUT2D eigenvalue weighted by atomic mass is 16.5. The van der Waals surface area contributed by atoms with Crippen LogP contribution >= 0.6 is 0 Å². The number of likely N-dealkylation sites (N-methyl/N-ethyl adjacent to an activating group) is 1. The van der Waals surface area contributed by atoms with E-state index in [-0.39, 0.29) is 0 Å². The summed E-state index contributed by atoms with van der Waals surface area (Å²) in [5.41, 5.74) is 7.93. The fourth-order valence-electron chi connectivity index (χ4n) is 2.68. The van der Waals surface area contributed by atoms with Crippen molar-refractivity contribution in [1.82, 2.24) is 4.90 Å². The number of ether oxygens (including phenoxy) is 1. The lowest BCUT2D eigenvalue weighted by Crippen LogP contribution is -2.51. The van der Waals surface area contributed by atoms with Gasteiger partial charge in [-0.2, -0.15) is 0 Å². The Hall–Kier alpha value is -1.42. The molecule has 0 aromatic heterocycles. The first-order valence-corrected chi connectivity index (χ1v) is 7.63. The second kappa shape index (κ2) is 6.84. The molecule has 1 atom stereocenters. The van der Waals surface area contributed by atoms with Crippen LogP contribution in [0, 0.1) is 0 Å². The summed E-state index contributed by atoms with van der Waals surface area (Å²) in [5.74, 6) is 0.816. The smallest absolute Gasteiger partial charge is 0.144 e. The van der Waals surface area contributed by atoms with Crippen molar-refractivity contribution in [3.8, 4) is 5.75 Å². The van der Waals surface area contributed by atoms with Crippen LogP contribution in [0.4, 0.5) is 11.4 Å². The van der Waals surface area contributed by atoms with Gasteiger partial charge in [0.2, 0.25) is 0 Å². The van der Waals surface area contributed by atoms with Gasteiger partial charge in [0.25, 0.3) is 0 Å². The SMILES string of the molecule is CCCOc1cc(N2CCN(C)C(CC)C2)ccc1N. The highest BCUT2D eigenvalue weighted by Crippen LogP contribution is 2.29. The molecule has 4 heteroatoms. The Kier molecular flexibility index (Phi) is 5.12. The van der Waals surface area contributed by atoms with Crippen LogP contribution in [-0.2, 0) is 0 Å². The summed E-state index contributed by atoms with van der Waals surface area (Å²) < 4.78 is 5.73. The fraction of sp³-hybridized carbons (Fsp3) is 0.625. The zero-order valence-corrected chi connectivity index (χ0v) is 12.9. The van der Waals surface area contributed by atoms with E-state index in [9.17, 15) is 0 Å². The normalized spacial score (nSPS) is 20.1. The van der Waals surface area contributed by atoms with Gasteiger partial charge in [-0.05, 0) is 32.0 Å². The maximum Gasteiger partial charge on any atom is 0.144 e. The predicted molar refractivity (Wildman–Crippen MR) is 85.6 cm³/mol. The van der Waals surface area contributed by atoms with Crippen molar-refractivity contribution in [1.29, 1.82) is 0 Å². The second-order valence-electron chi connectivity index (χ2n) is 5.56. The van der Waals surface area contributed by atoms with Gasteiger partial charge in [0, 0.05) is 37.4 Å². The van der Waals surface area contributed by atoms with Crippen LogP contribution in [0.1, 0.15) is 26.7 Å². The zero-order chi connectivity index (χ0) is 14.5. The van der Waals surface area contributed by atoms with Gasteiger partial charge < -0.3 is 15.4 Å². The van der Waals surface area contributed by atoms with Crippen LogP contribution in [0.5, 0.6) is 5.75 Å². The van der Waals surface area contributed by atoms with Gasteiger partial charge >= 0.3 is 0 Å². The van der Waals surface area contributed by atoms with Crippen LogP contribution in [0.25, 0.3) is 0 Å². The molecule has 0 saturated carbocycles. The highest BCUT2D eigenvalue weighted by molar-refractivity contribution is 5.62. The van der Waals surface area contributed by atoms with Crippen LogP contribution < -0.4 is 15.4 Å². The number of nitrogens with two attached hydrogens (primary N) is 1. The number of hydrogen-bond acceptors (Lipinski definition) is 4. The number of piperazine rings is 1. The average Bonchev–Trinajstić information content (AvgIpc) is 2.47. The number of benzene rings is 1. The average molecular weight is 277 g/mol. The molecular formula is C16H27N3O. The Morgan fingerprint density at radius 3 is 2.80 bits per heavy atom.